The quantitative estimate of drug-likeness (QED) is 0.416. The fraction of sp³-hybridized carbons (Fsp3) is 0.667. The van der Waals surface area contributed by atoms with E-state index in [2.05, 4.69) is 41.2 Å². The topological polar surface area (TPSA) is 94.2 Å². The Morgan fingerprint density at radius 1 is 1.07 bits per heavy atom. The van der Waals surface area contributed by atoms with Crippen LogP contribution in [0.3, 0.4) is 0 Å². The predicted octanol–water partition coefficient (Wildman–Crippen LogP) is 3.40. The molecule has 3 saturated heterocycles. The van der Waals surface area contributed by atoms with Crippen LogP contribution >= 0.6 is 11.6 Å². The molecule has 9 nitrogen and oxygen atoms in total. The molecule has 0 aromatic heterocycles. The van der Waals surface area contributed by atoms with E-state index in [0.717, 1.165) is 65.0 Å². The summed E-state index contributed by atoms with van der Waals surface area (Å²) in [5, 5.41) is 6.81. The summed E-state index contributed by atoms with van der Waals surface area (Å²) in [6, 6.07) is 6.23. The largest absolute Gasteiger partial charge is 0.359 e. The van der Waals surface area contributed by atoms with Crippen molar-refractivity contribution < 1.29 is 19.1 Å². The van der Waals surface area contributed by atoms with Crippen LogP contribution in [0, 0.1) is 23.7 Å². The molecule has 2 bridgehead atoms. The maximum atomic E-state index is 14.3. The number of halogens is 1. The molecule has 4 fully saturated rings. The molecule has 3 amide bonds. The molecular formula is C33H46ClN5O4. The van der Waals surface area contributed by atoms with Crippen LogP contribution in [-0.2, 0) is 19.1 Å². The van der Waals surface area contributed by atoms with Gasteiger partial charge in [0.15, 0.2) is 0 Å². The molecule has 4 aliphatic heterocycles. The van der Waals surface area contributed by atoms with Crippen molar-refractivity contribution in [3.05, 3.63) is 41.4 Å². The van der Waals surface area contributed by atoms with Gasteiger partial charge < -0.3 is 30.1 Å². The molecule has 0 radical (unpaired) electrons. The van der Waals surface area contributed by atoms with Crippen molar-refractivity contribution in [3.8, 4) is 0 Å². The number of anilines is 1. The molecule has 1 aromatic rings. The molecule has 8 atom stereocenters. The molecule has 6 rings (SSSR count). The number of likely N-dealkylation sites (N-methyl/N-ethyl adjacent to an activating group) is 1. The minimum absolute atomic E-state index is 0.0584. The highest BCUT2D eigenvalue weighted by Gasteiger charge is 2.72. The zero-order valence-corrected chi connectivity index (χ0v) is 26.4. The highest BCUT2D eigenvalue weighted by Crippen LogP contribution is 2.55. The Bertz CT molecular complexity index is 1250. The standard InChI is InChI=1S/C33H46ClN5O4/c1-4-37-16-18-38(19-17-37)14-7-15-39-29(31(41)36-25-11-5-8-21(2)22(25)3)33-13-12-26(43-33)27(28(33)32(39)42)30(40)35-24-10-6-9-23(34)20-24/h6,9-10,12-13,20-22,25-29H,4-5,7-8,11,14-19H2,1-3H3,(H,35,40)(H,36,41)/t21-,22+,25+,26+,27+,28+,29-,33-/m0/s1. The molecule has 1 spiro atoms. The smallest absolute Gasteiger partial charge is 0.246 e. The van der Waals surface area contributed by atoms with Gasteiger partial charge in [0.05, 0.1) is 17.9 Å². The summed E-state index contributed by atoms with van der Waals surface area (Å²) in [4.78, 5) is 48.8. The fourth-order valence-electron chi connectivity index (χ4n) is 8.14. The first-order valence-electron chi connectivity index (χ1n) is 16.2. The first-order valence-corrected chi connectivity index (χ1v) is 16.6. The van der Waals surface area contributed by atoms with E-state index in [1.54, 1.807) is 29.2 Å². The molecule has 5 aliphatic rings. The second-order valence-corrected chi connectivity index (χ2v) is 13.7. The lowest BCUT2D eigenvalue weighted by Crippen LogP contribution is -2.58. The summed E-state index contributed by atoms with van der Waals surface area (Å²) >= 11 is 6.16. The Kier molecular flexibility index (Phi) is 8.89. The van der Waals surface area contributed by atoms with E-state index < -0.39 is 29.6 Å². The van der Waals surface area contributed by atoms with Crippen molar-refractivity contribution in [2.24, 2.45) is 23.7 Å². The minimum atomic E-state index is -1.15. The van der Waals surface area contributed by atoms with Gasteiger partial charge in [0.1, 0.15) is 11.6 Å². The number of benzene rings is 1. The number of ether oxygens (including phenoxy) is 1. The van der Waals surface area contributed by atoms with Crippen LogP contribution in [0.15, 0.2) is 36.4 Å². The molecule has 43 heavy (non-hydrogen) atoms. The van der Waals surface area contributed by atoms with Crippen molar-refractivity contribution in [1.29, 1.82) is 0 Å². The lowest BCUT2D eigenvalue weighted by Gasteiger charge is -2.38. The van der Waals surface area contributed by atoms with Crippen LogP contribution in [0.4, 0.5) is 5.69 Å². The van der Waals surface area contributed by atoms with Crippen LogP contribution < -0.4 is 10.6 Å². The van der Waals surface area contributed by atoms with Crippen LogP contribution in [0.2, 0.25) is 5.02 Å². The molecule has 2 N–H and O–H groups in total. The summed E-state index contributed by atoms with van der Waals surface area (Å²) in [5.41, 5.74) is -0.586. The number of carbonyl (C=O) groups is 3. The van der Waals surface area contributed by atoms with Crippen molar-refractivity contribution in [2.75, 3.05) is 51.1 Å². The van der Waals surface area contributed by atoms with E-state index in [1.807, 2.05) is 12.2 Å². The van der Waals surface area contributed by atoms with Gasteiger partial charge in [0.2, 0.25) is 17.7 Å². The molecule has 234 valence electrons. The Morgan fingerprint density at radius 2 is 1.84 bits per heavy atom. The van der Waals surface area contributed by atoms with Crippen molar-refractivity contribution >= 4 is 35.0 Å². The highest BCUT2D eigenvalue weighted by molar-refractivity contribution is 6.30. The number of carbonyl (C=O) groups excluding carboxylic acids is 3. The van der Waals surface area contributed by atoms with Crippen LogP contribution in [0.25, 0.3) is 0 Å². The van der Waals surface area contributed by atoms with Gasteiger partial charge in [0.25, 0.3) is 0 Å². The molecule has 4 heterocycles. The van der Waals surface area contributed by atoms with E-state index in [0.29, 0.717) is 29.1 Å². The zero-order valence-electron chi connectivity index (χ0n) is 25.6. The Morgan fingerprint density at radius 3 is 2.58 bits per heavy atom. The Balaban J connectivity index is 1.22. The fourth-order valence-corrected chi connectivity index (χ4v) is 8.33. The molecular weight excluding hydrogens is 566 g/mol. The number of likely N-dealkylation sites (tertiary alicyclic amines) is 1. The first-order chi connectivity index (χ1) is 20.7. The molecule has 0 unspecified atom stereocenters. The average molecular weight is 612 g/mol. The van der Waals surface area contributed by atoms with Gasteiger partial charge in [-0.05, 0) is 56.0 Å². The van der Waals surface area contributed by atoms with Crippen molar-refractivity contribution in [2.45, 2.75) is 70.2 Å². The summed E-state index contributed by atoms with van der Waals surface area (Å²) in [7, 11) is 0. The zero-order chi connectivity index (χ0) is 30.3. The highest BCUT2D eigenvalue weighted by atomic mass is 35.5. The minimum Gasteiger partial charge on any atom is -0.359 e. The number of piperazine rings is 1. The average Bonchev–Trinajstić information content (AvgIpc) is 3.63. The summed E-state index contributed by atoms with van der Waals surface area (Å²) in [5.74, 6) is -1.23. The van der Waals surface area contributed by atoms with E-state index in [1.165, 1.54) is 0 Å². The van der Waals surface area contributed by atoms with Crippen LogP contribution in [0.1, 0.15) is 46.5 Å². The van der Waals surface area contributed by atoms with Gasteiger partial charge in [-0.3, -0.25) is 14.4 Å². The van der Waals surface area contributed by atoms with Crippen molar-refractivity contribution in [3.63, 3.8) is 0 Å². The van der Waals surface area contributed by atoms with Gasteiger partial charge in [-0.1, -0.05) is 63.4 Å². The summed E-state index contributed by atoms with van der Waals surface area (Å²) in [6.45, 7) is 13.1. The maximum Gasteiger partial charge on any atom is 0.246 e. The first kappa shape index (κ1) is 30.6. The van der Waals surface area contributed by atoms with Crippen molar-refractivity contribution in [1.82, 2.24) is 20.0 Å². The molecule has 10 heteroatoms. The number of nitrogens with one attached hydrogen (secondary N) is 2. The third kappa shape index (κ3) is 5.74. The third-order valence-corrected chi connectivity index (χ3v) is 11.1. The molecule has 1 aliphatic carbocycles. The summed E-state index contributed by atoms with van der Waals surface area (Å²) in [6.07, 6.45) is 7.13. The normalized spacial score (nSPS) is 35.8. The lowest BCUT2D eigenvalue weighted by molar-refractivity contribution is -0.141. The van der Waals surface area contributed by atoms with Gasteiger partial charge >= 0.3 is 0 Å². The Labute approximate surface area is 260 Å². The van der Waals surface area contributed by atoms with Gasteiger partial charge in [-0.25, -0.2) is 0 Å². The lowest BCUT2D eigenvalue weighted by atomic mass is 9.73. The Hall–Kier alpha value is -2.46. The number of hydrogen-bond donors (Lipinski definition) is 2. The predicted molar refractivity (Wildman–Crippen MR) is 167 cm³/mol. The summed E-state index contributed by atoms with van der Waals surface area (Å²) < 4.78 is 6.53. The second kappa shape index (κ2) is 12.5. The molecule has 1 saturated carbocycles. The maximum absolute atomic E-state index is 14.3. The number of hydrogen-bond acceptors (Lipinski definition) is 6. The number of rotatable bonds is 9. The van der Waals surface area contributed by atoms with Gasteiger partial charge in [-0.2, -0.15) is 0 Å². The molecule has 1 aromatic carbocycles. The van der Waals surface area contributed by atoms with Crippen LogP contribution in [-0.4, -0.2) is 102 Å². The SMILES string of the molecule is CCN1CCN(CCCN2C(=O)[C@H]3[C@H](C(=O)Nc4cccc(Cl)c4)[C@H]4C=C[C@@]3(O4)[C@@H]2C(=O)N[C@@H]2CCC[C@H](C)[C@H]2C)CC1. The monoisotopic (exact) mass is 611 g/mol. The van der Waals surface area contributed by atoms with Crippen LogP contribution in [0.5, 0.6) is 0 Å². The van der Waals surface area contributed by atoms with E-state index in [9.17, 15) is 14.4 Å². The van der Waals surface area contributed by atoms with E-state index in [4.69, 9.17) is 16.3 Å². The van der Waals surface area contributed by atoms with Gasteiger partial charge in [0, 0.05) is 49.5 Å². The van der Waals surface area contributed by atoms with E-state index >= 15 is 0 Å². The number of amides is 3. The van der Waals surface area contributed by atoms with Gasteiger partial charge in [-0.15, -0.1) is 0 Å². The number of fused-ring (bicyclic) bond motifs is 1. The number of nitrogens with zero attached hydrogens (tertiary/aromatic N) is 3. The third-order valence-electron chi connectivity index (χ3n) is 10.8. The second-order valence-electron chi connectivity index (χ2n) is 13.2. The van der Waals surface area contributed by atoms with E-state index in [-0.39, 0.29) is 23.8 Å².